The van der Waals surface area contributed by atoms with Gasteiger partial charge in [-0.05, 0) is 31.2 Å². The van der Waals surface area contributed by atoms with Gasteiger partial charge in [0.25, 0.3) is 0 Å². The lowest BCUT2D eigenvalue weighted by molar-refractivity contribution is -0.125. The molecule has 22 heavy (non-hydrogen) atoms. The summed E-state index contributed by atoms with van der Waals surface area (Å²) in [5.41, 5.74) is 0. The smallest absolute Gasteiger partial charge is 0.246 e. The minimum atomic E-state index is -0.00462. The van der Waals surface area contributed by atoms with Crippen molar-refractivity contribution in [1.82, 2.24) is 15.1 Å². The molecule has 4 aliphatic rings. The number of carbonyl (C=O) groups is 1. The van der Waals surface area contributed by atoms with Gasteiger partial charge in [0.2, 0.25) is 5.91 Å². The molecule has 0 radical (unpaired) electrons. The average Bonchev–Trinajstić information content (AvgIpc) is 2.55. The Morgan fingerprint density at radius 2 is 2.14 bits per heavy atom. The number of nitrogens with zero attached hydrogens (tertiary/aromatic N) is 2. The summed E-state index contributed by atoms with van der Waals surface area (Å²) >= 11 is 0. The number of nitrogens with one attached hydrogen (secondary N) is 1. The molecule has 0 aromatic carbocycles. The van der Waals surface area contributed by atoms with E-state index in [4.69, 9.17) is 9.47 Å². The highest BCUT2D eigenvalue weighted by Crippen LogP contribution is 2.36. The number of fused-ring (bicyclic) bond motifs is 3. The molecular weight excluding hydrogens is 282 g/mol. The summed E-state index contributed by atoms with van der Waals surface area (Å²) in [5, 5.41) is 3.00. The number of morpholine rings is 1. The Balaban J connectivity index is 1.45. The van der Waals surface area contributed by atoms with Crippen LogP contribution in [0.4, 0.5) is 0 Å². The van der Waals surface area contributed by atoms with Gasteiger partial charge in [-0.25, -0.2) is 0 Å². The minimum Gasteiger partial charge on any atom is -0.379 e. The summed E-state index contributed by atoms with van der Waals surface area (Å²) in [4.78, 5) is 16.7. The first-order chi connectivity index (χ1) is 10.8. The number of hydrogen-bond donors (Lipinski definition) is 1. The first-order valence-electron chi connectivity index (χ1n) is 8.56. The minimum absolute atomic E-state index is 0.00462. The van der Waals surface area contributed by atoms with Gasteiger partial charge in [0, 0.05) is 45.9 Å². The van der Waals surface area contributed by atoms with Crippen molar-refractivity contribution in [3.63, 3.8) is 0 Å². The molecule has 0 aliphatic carbocycles. The van der Waals surface area contributed by atoms with Gasteiger partial charge in [0.15, 0.2) is 0 Å². The predicted molar refractivity (Wildman–Crippen MR) is 83.7 cm³/mol. The first kappa shape index (κ1) is 16.2. The zero-order valence-corrected chi connectivity index (χ0v) is 13.6. The van der Waals surface area contributed by atoms with Crippen LogP contribution in [0.5, 0.6) is 0 Å². The number of piperidine rings is 3. The number of hydrogen-bond acceptors (Lipinski definition) is 5. The molecule has 4 saturated heterocycles. The molecule has 4 rings (SSSR count). The molecule has 1 N–H and O–H groups in total. The van der Waals surface area contributed by atoms with Gasteiger partial charge in [-0.1, -0.05) is 0 Å². The zero-order valence-electron chi connectivity index (χ0n) is 13.6. The third kappa shape index (κ3) is 3.98. The van der Waals surface area contributed by atoms with Crippen LogP contribution in [0.1, 0.15) is 12.8 Å². The number of methoxy groups -OCH3 is 1. The van der Waals surface area contributed by atoms with Gasteiger partial charge in [-0.2, -0.15) is 0 Å². The molecule has 6 heteroatoms. The Morgan fingerprint density at radius 3 is 2.82 bits per heavy atom. The Hall–Kier alpha value is -0.690. The summed E-state index contributed by atoms with van der Waals surface area (Å²) < 4.78 is 10.3. The summed E-state index contributed by atoms with van der Waals surface area (Å²) in [6.07, 6.45) is 2.54. The topological polar surface area (TPSA) is 54.0 Å². The highest BCUT2D eigenvalue weighted by atomic mass is 16.5. The summed E-state index contributed by atoms with van der Waals surface area (Å²) in [6.45, 7) is 8.46. The van der Waals surface area contributed by atoms with Crippen LogP contribution in [-0.4, -0.2) is 87.9 Å². The van der Waals surface area contributed by atoms with Crippen LogP contribution < -0.4 is 5.32 Å². The maximum Gasteiger partial charge on any atom is 0.246 e. The number of rotatable bonds is 6. The van der Waals surface area contributed by atoms with Crippen LogP contribution in [0.3, 0.4) is 0 Å². The van der Waals surface area contributed by atoms with E-state index in [2.05, 4.69) is 15.1 Å². The Kier molecular flexibility index (Phi) is 5.68. The number of carbonyl (C=O) groups excluding carboxylic acids is 1. The number of amides is 1. The van der Waals surface area contributed by atoms with Crippen molar-refractivity contribution in [2.75, 3.05) is 66.2 Å². The molecule has 4 atom stereocenters. The second-order valence-corrected chi connectivity index (χ2v) is 6.84. The van der Waals surface area contributed by atoms with Crippen molar-refractivity contribution in [2.24, 2.45) is 11.8 Å². The van der Waals surface area contributed by atoms with E-state index in [-0.39, 0.29) is 12.5 Å². The summed E-state index contributed by atoms with van der Waals surface area (Å²) in [7, 11) is 1.56. The maximum absolute atomic E-state index is 11.5. The molecule has 4 aliphatic heterocycles. The van der Waals surface area contributed by atoms with Gasteiger partial charge in [-0.15, -0.1) is 0 Å². The van der Waals surface area contributed by atoms with Crippen molar-refractivity contribution in [3.8, 4) is 0 Å². The lowest BCUT2D eigenvalue weighted by atomic mass is 9.75. The van der Waals surface area contributed by atoms with E-state index >= 15 is 0 Å². The van der Waals surface area contributed by atoms with Crippen LogP contribution in [0.25, 0.3) is 0 Å². The quantitative estimate of drug-likeness (QED) is 0.736. The molecule has 126 valence electrons. The molecule has 0 spiro atoms. The highest BCUT2D eigenvalue weighted by Gasteiger charge is 2.40. The molecule has 4 fully saturated rings. The molecule has 6 nitrogen and oxygen atoms in total. The maximum atomic E-state index is 11.5. The van der Waals surface area contributed by atoms with E-state index in [9.17, 15) is 4.79 Å². The van der Waals surface area contributed by atoms with Crippen LogP contribution in [0, 0.1) is 11.8 Å². The van der Waals surface area contributed by atoms with Gasteiger partial charge in [-0.3, -0.25) is 14.6 Å². The van der Waals surface area contributed by atoms with Crippen LogP contribution >= 0.6 is 0 Å². The number of ether oxygens (including phenoxy) is 2. The molecular formula is C16H29N3O3. The van der Waals surface area contributed by atoms with E-state index in [0.29, 0.717) is 6.04 Å². The van der Waals surface area contributed by atoms with E-state index in [1.54, 1.807) is 7.11 Å². The van der Waals surface area contributed by atoms with Crippen molar-refractivity contribution < 1.29 is 14.3 Å². The van der Waals surface area contributed by atoms with Crippen LogP contribution in [-0.2, 0) is 14.3 Å². The van der Waals surface area contributed by atoms with E-state index in [1.807, 2.05) is 0 Å². The first-order valence-corrected chi connectivity index (χ1v) is 8.56. The van der Waals surface area contributed by atoms with Gasteiger partial charge >= 0.3 is 0 Å². The van der Waals surface area contributed by atoms with Crippen LogP contribution in [0.2, 0.25) is 0 Å². The lowest BCUT2D eigenvalue weighted by Crippen LogP contribution is -2.59. The van der Waals surface area contributed by atoms with E-state index in [1.165, 1.54) is 32.5 Å². The van der Waals surface area contributed by atoms with Gasteiger partial charge in [0.05, 0.1) is 13.2 Å². The van der Waals surface area contributed by atoms with Crippen molar-refractivity contribution in [2.45, 2.75) is 18.9 Å². The fourth-order valence-corrected chi connectivity index (χ4v) is 4.20. The van der Waals surface area contributed by atoms with Crippen molar-refractivity contribution >= 4 is 5.91 Å². The van der Waals surface area contributed by atoms with Gasteiger partial charge in [0.1, 0.15) is 6.61 Å². The second-order valence-electron chi connectivity index (χ2n) is 6.84. The largest absolute Gasteiger partial charge is 0.379 e. The second kappa shape index (κ2) is 7.73. The van der Waals surface area contributed by atoms with Crippen molar-refractivity contribution in [3.05, 3.63) is 0 Å². The predicted octanol–water partition coefficient (Wildman–Crippen LogP) is -0.208. The molecule has 2 bridgehead atoms. The monoisotopic (exact) mass is 311 g/mol. The Labute approximate surface area is 133 Å². The molecule has 4 heterocycles. The highest BCUT2D eigenvalue weighted by molar-refractivity contribution is 5.77. The molecule has 0 aromatic heterocycles. The Morgan fingerprint density at radius 1 is 1.32 bits per heavy atom. The van der Waals surface area contributed by atoms with Crippen molar-refractivity contribution in [1.29, 1.82) is 0 Å². The molecule has 1 amide bonds. The molecule has 4 unspecified atom stereocenters. The average molecular weight is 311 g/mol. The van der Waals surface area contributed by atoms with E-state index in [0.717, 1.165) is 44.7 Å². The Bertz CT molecular complexity index is 374. The zero-order chi connectivity index (χ0) is 15.4. The standard InChI is InChI=1S/C16H29N3O3/c1-21-12-16(20)17-9-15-8-13-2-3-19(15)11-14(13)10-18-4-6-22-7-5-18/h13-15H,2-12H2,1H3,(H,17,20). The summed E-state index contributed by atoms with van der Waals surface area (Å²) in [5.74, 6) is 1.60. The third-order valence-corrected chi connectivity index (χ3v) is 5.42. The van der Waals surface area contributed by atoms with Crippen LogP contribution in [0.15, 0.2) is 0 Å². The van der Waals surface area contributed by atoms with E-state index < -0.39 is 0 Å². The normalized spacial score (nSPS) is 35.5. The van der Waals surface area contributed by atoms with Gasteiger partial charge < -0.3 is 14.8 Å². The fraction of sp³-hybridized carbons (Fsp3) is 0.938. The SMILES string of the molecule is COCC(=O)NCC1CC2CCN1CC2CN1CCOCC1. The lowest BCUT2D eigenvalue weighted by Gasteiger charge is -2.51. The summed E-state index contributed by atoms with van der Waals surface area (Å²) in [6, 6.07) is 0.514. The molecule has 0 saturated carbocycles. The molecule has 0 aromatic rings. The fourth-order valence-electron chi connectivity index (χ4n) is 4.20. The third-order valence-electron chi connectivity index (χ3n) is 5.42.